The summed E-state index contributed by atoms with van der Waals surface area (Å²) in [6.07, 6.45) is 36.7. The number of hydrogen-bond donors (Lipinski definition) is 0. The van der Waals surface area contributed by atoms with Gasteiger partial charge in [-0.3, -0.25) is 0 Å². The summed E-state index contributed by atoms with van der Waals surface area (Å²) in [6, 6.07) is 0. The van der Waals surface area contributed by atoms with Crippen LogP contribution in [0.2, 0.25) is 0 Å². The van der Waals surface area contributed by atoms with Gasteiger partial charge in [0.1, 0.15) is 0 Å². The predicted octanol–water partition coefficient (Wildman–Crippen LogP) is 11.8. The Labute approximate surface area is 206 Å². The minimum absolute atomic E-state index is 0.775. The fourth-order valence-electron chi connectivity index (χ4n) is 5.30. The van der Waals surface area contributed by atoms with Gasteiger partial charge in [0.05, 0.1) is 24.6 Å². The highest BCUT2D eigenvalue weighted by Crippen LogP contribution is 2.61. The first-order chi connectivity index (χ1) is 15.6. The van der Waals surface area contributed by atoms with E-state index < -0.39 is 7.26 Å². The van der Waals surface area contributed by atoms with Crippen LogP contribution in [0.4, 0.5) is 0 Å². The monoisotopic (exact) mass is 467 g/mol. The maximum atomic E-state index is 4.31. The van der Waals surface area contributed by atoms with E-state index in [1.54, 1.807) is 6.16 Å². The van der Waals surface area contributed by atoms with Crippen molar-refractivity contribution in [1.82, 2.24) is 0 Å². The summed E-state index contributed by atoms with van der Waals surface area (Å²) in [7, 11) is -0.775. The fraction of sp³-hybridized carbons (Fsp3) is 0.935. The summed E-state index contributed by atoms with van der Waals surface area (Å²) >= 11 is 0. The van der Waals surface area contributed by atoms with Gasteiger partial charge < -0.3 is 0 Å². The summed E-state index contributed by atoms with van der Waals surface area (Å²) in [5.74, 6) is 0. The molecule has 0 radical (unpaired) electrons. The Morgan fingerprint density at radius 3 is 1.03 bits per heavy atom. The van der Waals surface area contributed by atoms with Crippen LogP contribution in [0.5, 0.6) is 0 Å². The molecule has 0 atom stereocenters. The van der Waals surface area contributed by atoms with Gasteiger partial charge in [0, 0.05) is 7.26 Å². The van der Waals surface area contributed by atoms with E-state index in [-0.39, 0.29) is 0 Å². The Balaban J connectivity index is 3.70. The zero-order chi connectivity index (χ0) is 23.8. The van der Waals surface area contributed by atoms with Crippen molar-refractivity contribution in [3.05, 3.63) is 12.2 Å². The number of hydrogen-bond acceptors (Lipinski definition) is 0. The third-order valence-corrected chi connectivity index (χ3v) is 12.3. The molecule has 0 spiro atoms. The van der Waals surface area contributed by atoms with Crippen molar-refractivity contribution in [3.63, 3.8) is 0 Å². The van der Waals surface area contributed by atoms with Crippen molar-refractivity contribution in [3.8, 4) is 0 Å². The maximum absolute atomic E-state index is 4.31. The lowest BCUT2D eigenvalue weighted by atomic mass is 10.0. The summed E-state index contributed by atoms with van der Waals surface area (Å²) < 4.78 is 0. The summed E-state index contributed by atoms with van der Waals surface area (Å²) in [5.41, 5.74) is 1.46. The van der Waals surface area contributed by atoms with E-state index in [1.165, 1.54) is 159 Å². The largest absolute Gasteiger partial charge is 0.0965 e. The molecule has 0 saturated carbocycles. The first-order valence-corrected chi connectivity index (χ1v) is 17.6. The van der Waals surface area contributed by atoms with Crippen molar-refractivity contribution in [1.29, 1.82) is 0 Å². The van der Waals surface area contributed by atoms with E-state index in [9.17, 15) is 0 Å². The molecular weight excluding hydrogens is 403 g/mol. The van der Waals surface area contributed by atoms with Crippen LogP contribution in [0.1, 0.15) is 163 Å². The van der Waals surface area contributed by atoms with Crippen molar-refractivity contribution in [2.45, 2.75) is 163 Å². The summed E-state index contributed by atoms with van der Waals surface area (Å²) in [4.78, 5) is 0. The molecule has 1 heteroatoms. The zero-order valence-electron chi connectivity index (χ0n) is 23.3. The van der Waals surface area contributed by atoms with Gasteiger partial charge in [0.15, 0.2) is 0 Å². The standard InChI is InChI=1S/C31H64P/c1-6-9-12-13-14-15-16-17-18-19-20-21-22-23-24-25-26-29-32(27-10-7-2,28-11-8-3)30-31(4)5/h4,6-30H2,1-3,5H3/q+1. The SMILES string of the molecule is C=C(C)C[P+](CCCC)(CCCC)CCCCCCCCCCCCCCCCCCC. The molecule has 0 bridgehead atoms. The lowest BCUT2D eigenvalue weighted by molar-refractivity contribution is 0.529. The van der Waals surface area contributed by atoms with Crippen LogP contribution in [0, 0.1) is 0 Å². The minimum Gasteiger partial charge on any atom is -0.0965 e. The Bertz CT molecular complexity index is 378. The molecule has 0 unspecified atom stereocenters. The molecule has 0 aliphatic carbocycles. The van der Waals surface area contributed by atoms with E-state index in [2.05, 4.69) is 34.3 Å². The van der Waals surface area contributed by atoms with Crippen LogP contribution in [-0.2, 0) is 0 Å². The maximum Gasteiger partial charge on any atom is 0.0797 e. The Morgan fingerprint density at radius 2 is 0.719 bits per heavy atom. The highest BCUT2D eigenvalue weighted by atomic mass is 31.2. The average molecular weight is 468 g/mol. The second-order valence-electron chi connectivity index (χ2n) is 11.0. The van der Waals surface area contributed by atoms with Crippen molar-refractivity contribution >= 4 is 7.26 Å². The Hall–Kier alpha value is 0.170. The molecule has 0 aliphatic rings. The van der Waals surface area contributed by atoms with Crippen molar-refractivity contribution in [2.75, 3.05) is 24.6 Å². The second-order valence-corrected chi connectivity index (χ2v) is 15.3. The zero-order valence-corrected chi connectivity index (χ0v) is 24.2. The summed E-state index contributed by atoms with van der Waals surface area (Å²) in [6.45, 7) is 13.6. The van der Waals surface area contributed by atoms with E-state index in [1.807, 2.05) is 0 Å². The van der Waals surface area contributed by atoms with Gasteiger partial charge in [-0.2, -0.15) is 0 Å². The predicted molar refractivity (Wildman–Crippen MR) is 155 cm³/mol. The van der Waals surface area contributed by atoms with Gasteiger partial charge in [-0.05, 0) is 38.2 Å². The van der Waals surface area contributed by atoms with Gasteiger partial charge in [-0.1, -0.05) is 137 Å². The third kappa shape index (κ3) is 20.8. The van der Waals surface area contributed by atoms with E-state index >= 15 is 0 Å². The normalized spacial score (nSPS) is 11.9. The lowest BCUT2D eigenvalue weighted by Crippen LogP contribution is -2.13. The molecule has 192 valence electrons. The molecule has 0 nitrogen and oxygen atoms in total. The average Bonchev–Trinajstić information content (AvgIpc) is 2.78. The van der Waals surface area contributed by atoms with Crippen LogP contribution in [0.25, 0.3) is 0 Å². The highest BCUT2D eigenvalue weighted by molar-refractivity contribution is 7.76. The molecule has 0 fully saturated rings. The lowest BCUT2D eigenvalue weighted by Gasteiger charge is -2.28. The topological polar surface area (TPSA) is 0 Å². The molecule has 0 rings (SSSR count). The van der Waals surface area contributed by atoms with Crippen molar-refractivity contribution in [2.24, 2.45) is 0 Å². The molecular formula is C31H64P+. The number of rotatable bonds is 26. The smallest absolute Gasteiger partial charge is 0.0797 e. The number of unbranched alkanes of at least 4 members (excludes halogenated alkanes) is 18. The van der Waals surface area contributed by atoms with Gasteiger partial charge in [0.2, 0.25) is 0 Å². The first kappa shape index (κ1) is 32.2. The molecule has 0 aromatic rings. The first-order valence-electron chi connectivity index (χ1n) is 15.1. The van der Waals surface area contributed by atoms with Crippen LogP contribution in [0.3, 0.4) is 0 Å². The molecule has 0 aromatic heterocycles. The molecule has 32 heavy (non-hydrogen) atoms. The van der Waals surface area contributed by atoms with Crippen LogP contribution in [-0.4, -0.2) is 24.6 Å². The van der Waals surface area contributed by atoms with Crippen LogP contribution in [0.15, 0.2) is 12.2 Å². The number of allylic oxidation sites excluding steroid dienone is 1. The van der Waals surface area contributed by atoms with E-state index in [4.69, 9.17) is 0 Å². The molecule has 0 saturated heterocycles. The minimum atomic E-state index is -0.775. The van der Waals surface area contributed by atoms with Gasteiger partial charge >= 0.3 is 0 Å². The highest BCUT2D eigenvalue weighted by Gasteiger charge is 2.35. The van der Waals surface area contributed by atoms with E-state index in [0.717, 1.165) is 0 Å². The molecule has 0 aromatic carbocycles. The fourth-order valence-corrected chi connectivity index (χ4v) is 10.5. The Kier molecular flexibility index (Phi) is 24.4. The molecule has 0 aliphatic heterocycles. The molecule has 0 heterocycles. The van der Waals surface area contributed by atoms with Crippen LogP contribution < -0.4 is 0 Å². The third-order valence-electron chi connectivity index (χ3n) is 7.31. The van der Waals surface area contributed by atoms with E-state index in [0.29, 0.717) is 0 Å². The molecule has 0 N–H and O–H groups in total. The second kappa shape index (κ2) is 24.3. The van der Waals surface area contributed by atoms with Gasteiger partial charge in [-0.25, -0.2) is 0 Å². The molecule has 0 amide bonds. The van der Waals surface area contributed by atoms with Crippen LogP contribution >= 0.6 is 7.26 Å². The Morgan fingerprint density at radius 1 is 0.438 bits per heavy atom. The van der Waals surface area contributed by atoms with Gasteiger partial charge in [0.25, 0.3) is 0 Å². The van der Waals surface area contributed by atoms with Crippen molar-refractivity contribution < 1.29 is 0 Å². The van der Waals surface area contributed by atoms with Gasteiger partial charge in [-0.15, -0.1) is 0 Å². The summed E-state index contributed by atoms with van der Waals surface area (Å²) in [5, 5.41) is 0. The quantitative estimate of drug-likeness (QED) is 0.0674.